The van der Waals surface area contributed by atoms with Crippen LogP contribution in [0, 0.1) is 6.92 Å². The Bertz CT molecular complexity index is 877. The molecule has 0 bridgehead atoms. The highest BCUT2D eigenvalue weighted by atomic mass is 35.5. The average molecular weight is 398 g/mol. The molecule has 3 nitrogen and oxygen atoms in total. The van der Waals surface area contributed by atoms with E-state index in [-0.39, 0.29) is 5.91 Å². The predicted octanol–water partition coefficient (Wildman–Crippen LogP) is 5.04. The molecule has 1 amide bonds. The van der Waals surface area contributed by atoms with E-state index in [0.29, 0.717) is 42.9 Å². The van der Waals surface area contributed by atoms with Gasteiger partial charge in [0.15, 0.2) is 0 Å². The van der Waals surface area contributed by atoms with Crippen LogP contribution >= 0.6 is 11.6 Å². The van der Waals surface area contributed by atoms with Crippen LogP contribution < -0.4 is 0 Å². The molecule has 2 aromatic rings. The molecule has 0 saturated carbocycles. The first kappa shape index (κ1) is 20.6. The van der Waals surface area contributed by atoms with Crippen molar-refractivity contribution >= 4 is 23.1 Å². The maximum Gasteiger partial charge on any atom is 0.254 e. The van der Waals surface area contributed by atoms with Gasteiger partial charge < -0.3 is 10.0 Å². The summed E-state index contributed by atoms with van der Waals surface area (Å²) in [6, 6.07) is 15.7. The van der Waals surface area contributed by atoms with Crippen molar-refractivity contribution in [1.82, 2.24) is 4.90 Å². The molecule has 1 fully saturated rings. The minimum atomic E-state index is -0.755. The summed E-state index contributed by atoms with van der Waals surface area (Å²) in [7, 11) is 0. The van der Waals surface area contributed by atoms with Gasteiger partial charge in [-0.25, -0.2) is 0 Å². The van der Waals surface area contributed by atoms with E-state index in [1.807, 2.05) is 74.2 Å². The minimum Gasteiger partial charge on any atom is -0.389 e. The van der Waals surface area contributed by atoms with E-state index in [4.69, 9.17) is 11.6 Å². The summed E-state index contributed by atoms with van der Waals surface area (Å²) in [6.07, 6.45) is 1.79. The Morgan fingerprint density at radius 2 is 1.75 bits per heavy atom. The SMILES string of the molecule is CC(C)=C(C(=O)N1CCC(O)(Cc2ccccc2)CC1)c1cc(Cl)ccc1C. The molecule has 3 rings (SSSR count). The van der Waals surface area contributed by atoms with Gasteiger partial charge in [-0.2, -0.15) is 0 Å². The zero-order valence-corrected chi connectivity index (χ0v) is 17.6. The van der Waals surface area contributed by atoms with Crippen LogP contribution in [-0.2, 0) is 11.2 Å². The number of hydrogen-bond donors (Lipinski definition) is 1. The van der Waals surface area contributed by atoms with Crippen molar-refractivity contribution in [2.45, 2.75) is 45.6 Å². The van der Waals surface area contributed by atoms with Crippen molar-refractivity contribution in [1.29, 1.82) is 0 Å². The van der Waals surface area contributed by atoms with Crippen molar-refractivity contribution < 1.29 is 9.90 Å². The molecule has 0 aliphatic carbocycles. The maximum atomic E-state index is 13.3. The number of carbonyl (C=O) groups excluding carboxylic acids is 1. The van der Waals surface area contributed by atoms with E-state index in [9.17, 15) is 9.90 Å². The molecule has 0 atom stereocenters. The summed E-state index contributed by atoms with van der Waals surface area (Å²) in [5.74, 6) is 0.0205. The van der Waals surface area contributed by atoms with Crippen molar-refractivity contribution in [2.24, 2.45) is 0 Å². The highest BCUT2D eigenvalue weighted by Crippen LogP contribution is 2.31. The smallest absolute Gasteiger partial charge is 0.254 e. The number of hydrogen-bond acceptors (Lipinski definition) is 2. The number of likely N-dealkylation sites (tertiary alicyclic amines) is 1. The van der Waals surface area contributed by atoms with Gasteiger partial charge in [-0.15, -0.1) is 0 Å². The summed E-state index contributed by atoms with van der Waals surface area (Å²) >= 11 is 6.19. The Labute approximate surface area is 172 Å². The molecule has 0 spiro atoms. The lowest BCUT2D eigenvalue weighted by Gasteiger charge is -2.39. The summed E-state index contributed by atoms with van der Waals surface area (Å²) in [6.45, 7) is 7.03. The standard InChI is InChI=1S/C24H28ClNO2/c1-17(2)22(21-15-20(25)10-9-18(21)3)23(27)26-13-11-24(28,12-14-26)16-19-7-5-4-6-8-19/h4-10,15,28H,11-14,16H2,1-3H3. The van der Waals surface area contributed by atoms with Crippen LogP contribution in [0.3, 0.4) is 0 Å². The number of aryl methyl sites for hydroxylation is 1. The van der Waals surface area contributed by atoms with E-state index in [1.165, 1.54) is 0 Å². The van der Waals surface area contributed by atoms with E-state index in [1.54, 1.807) is 0 Å². The molecule has 0 unspecified atom stereocenters. The number of benzene rings is 2. The largest absolute Gasteiger partial charge is 0.389 e. The van der Waals surface area contributed by atoms with Gasteiger partial charge in [0.05, 0.1) is 5.60 Å². The molecule has 0 aromatic heterocycles. The summed E-state index contributed by atoms with van der Waals surface area (Å²) in [4.78, 5) is 15.2. The fourth-order valence-electron chi connectivity index (χ4n) is 3.90. The third-order valence-electron chi connectivity index (χ3n) is 5.54. The van der Waals surface area contributed by atoms with Crippen LogP contribution in [0.1, 0.15) is 43.4 Å². The van der Waals surface area contributed by atoms with Crippen LogP contribution in [-0.4, -0.2) is 34.6 Å². The number of rotatable bonds is 4. The van der Waals surface area contributed by atoms with Crippen LogP contribution in [0.5, 0.6) is 0 Å². The van der Waals surface area contributed by atoms with Gasteiger partial charge in [0.1, 0.15) is 0 Å². The quantitative estimate of drug-likeness (QED) is 0.734. The van der Waals surface area contributed by atoms with E-state index in [0.717, 1.165) is 22.3 Å². The molecule has 2 aromatic carbocycles. The molecule has 1 heterocycles. The first-order chi connectivity index (χ1) is 13.3. The second kappa shape index (κ2) is 8.50. The normalized spacial score (nSPS) is 16.0. The maximum absolute atomic E-state index is 13.3. The fourth-order valence-corrected chi connectivity index (χ4v) is 4.07. The zero-order valence-electron chi connectivity index (χ0n) is 16.8. The second-order valence-corrected chi connectivity index (χ2v) is 8.45. The molecule has 1 aliphatic rings. The number of nitrogens with zero attached hydrogens (tertiary/aromatic N) is 1. The molecule has 28 heavy (non-hydrogen) atoms. The first-order valence-corrected chi connectivity index (χ1v) is 10.2. The van der Waals surface area contributed by atoms with E-state index >= 15 is 0 Å². The lowest BCUT2D eigenvalue weighted by atomic mass is 9.85. The monoisotopic (exact) mass is 397 g/mol. The van der Waals surface area contributed by atoms with Gasteiger partial charge >= 0.3 is 0 Å². The molecular formula is C24H28ClNO2. The van der Waals surface area contributed by atoms with Crippen molar-refractivity contribution in [3.05, 3.63) is 75.8 Å². The highest BCUT2D eigenvalue weighted by molar-refractivity contribution is 6.31. The number of amides is 1. The third kappa shape index (κ3) is 4.65. The van der Waals surface area contributed by atoms with E-state index in [2.05, 4.69) is 0 Å². The van der Waals surface area contributed by atoms with E-state index < -0.39 is 5.60 Å². The molecule has 1 N–H and O–H groups in total. The van der Waals surface area contributed by atoms with Crippen LogP contribution in [0.15, 0.2) is 54.1 Å². The number of halogens is 1. The number of piperidine rings is 1. The number of allylic oxidation sites excluding steroid dienone is 1. The molecule has 1 aliphatic heterocycles. The molecule has 4 heteroatoms. The van der Waals surface area contributed by atoms with Gasteiger partial charge in [0, 0.05) is 30.1 Å². The minimum absolute atomic E-state index is 0.0205. The van der Waals surface area contributed by atoms with Gasteiger partial charge in [0.25, 0.3) is 5.91 Å². The lowest BCUT2D eigenvalue weighted by Crippen LogP contribution is -2.48. The van der Waals surface area contributed by atoms with Crippen LogP contribution in [0.2, 0.25) is 5.02 Å². The Morgan fingerprint density at radius 1 is 1.11 bits per heavy atom. The van der Waals surface area contributed by atoms with Crippen LogP contribution in [0.25, 0.3) is 5.57 Å². The second-order valence-electron chi connectivity index (χ2n) is 8.01. The molecular weight excluding hydrogens is 370 g/mol. The Balaban J connectivity index is 1.75. The summed E-state index contributed by atoms with van der Waals surface area (Å²) in [5, 5.41) is 11.6. The first-order valence-electron chi connectivity index (χ1n) is 9.79. The summed E-state index contributed by atoms with van der Waals surface area (Å²) < 4.78 is 0. The Kier molecular flexibility index (Phi) is 6.26. The molecule has 0 radical (unpaired) electrons. The van der Waals surface area contributed by atoms with Gasteiger partial charge in [-0.1, -0.05) is 53.6 Å². The van der Waals surface area contributed by atoms with Crippen molar-refractivity contribution in [2.75, 3.05) is 13.1 Å². The molecule has 148 valence electrons. The third-order valence-corrected chi connectivity index (χ3v) is 5.78. The fraction of sp³-hybridized carbons (Fsp3) is 0.375. The van der Waals surface area contributed by atoms with Gasteiger partial charge in [0.2, 0.25) is 0 Å². The number of carbonyl (C=O) groups is 1. The average Bonchev–Trinajstić information content (AvgIpc) is 2.65. The van der Waals surface area contributed by atoms with Crippen LogP contribution in [0.4, 0.5) is 0 Å². The zero-order chi connectivity index (χ0) is 20.3. The van der Waals surface area contributed by atoms with Gasteiger partial charge in [-0.3, -0.25) is 4.79 Å². The lowest BCUT2D eigenvalue weighted by molar-refractivity contribution is -0.129. The van der Waals surface area contributed by atoms with Crippen molar-refractivity contribution in [3.8, 4) is 0 Å². The van der Waals surface area contributed by atoms with Crippen molar-refractivity contribution in [3.63, 3.8) is 0 Å². The number of aliphatic hydroxyl groups is 1. The molecule has 1 saturated heterocycles. The Hall–Kier alpha value is -2.10. The topological polar surface area (TPSA) is 40.5 Å². The predicted molar refractivity (Wildman–Crippen MR) is 115 cm³/mol. The highest BCUT2D eigenvalue weighted by Gasteiger charge is 2.35. The summed E-state index contributed by atoms with van der Waals surface area (Å²) in [5.41, 5.74) is 3.99. The van der Waals surface area contributed by atoms with Gasteiger partial charge in [-0.05, 0) is 62.4 Å². The Morgan fingerprint density at radius 3 is 2.36 bits per heavy atom.